The molecule has 2 heterocycles. The third kappa shape index (κ3) is 3.93. The van der Waals surface area contributed by atoms with Crippen LogP contribution in [0.2, 0.25) is 0 Å². The highest BCUT2D eigenvalue weighted by molar-refractivity contribution is 5.85. The Balaban J connectivity index is 0.00000169. The van der Waals surface area contributed by atoms with Gasteiger partial charge in [-0.15, -0.1) is 12.4 Å². The van der Waals surface area contributed by atoms with E-state index in [0.717, 1.165) is 18.8 Å². The zero-order chi connectivity index (χ0) is 15.5. The Morgan fingerprint density at radius 3 is 2.42 bits per heavy atom. The van der Waals surface area contributed by atoms with Gasteiger partial charge in [-0.1, -0.05) is 42.5 Å². The van der Waals surface area contributed by atoms with Gasteiger partial charge in [0.25, 0.3) is 0 Å². The SMILES string of the molecule is Cl.c1ccc(Cc2ccc(OCC34CCCN(CC3)C4)cc2)cc1. The first kappa shape index (κ1) is 17.3. The van der Waals surface area contributed by atoms with E-state index in [-0.39, 0.29) is 12.4 Å². The maximum atomic E-state index is 6.14. The van der Waals surface area contributed by atoms with E-state index in [1.165, 1.54) is 50.0 Å². The minimum absolute atomic E-state index is 0. The molecular formula is C21H26ClNO. The van der Waals surface area contributed by atoms with Crippen LogP contribution in [0.1, 0.15) is 30.4 Å². The number of ether oxygens (including phenoxy) is 1. The predicted octanol–water partition coefficient (Wildman–Crippen LogP) is 4.56. The highest BCUT2D eigenvalue weighted by Crippen LogP contribution is 2.39. The lowest BCUT2D eigenvalue weighted by molar-refractivity contribution is 0.107. The Labute approximate surface area is 151 Å². The summed E-state index contributed by atoms with van der Waals surface area (Å²) in [4.78, 5) is 2.59. The van der Waals surface area contributed by atoms with Crippen LogP contribution in [0.15, 0.2) is 54.6 Å². The lowest BCUT2D eigenvalue weighted by atomic mass is 9.82. The first-order valence-electron chi connectivity index (χ1n) is 8.79. The van der Waals surface area contributed by atoms with E-state index in [1.54, 1.807) is 0 Å². The van der Waals surface area contributed by atoms with Gasteiger partial charge in [0.15, 0.2) is 0 Å². The lowest BCUT2D eigenvalue weighted by Gasteiger charge is -2.33. The van der Waals surface area contributed by atoms with Crippen LogP contribution in [0.3, 0.4) is 0 Å². The number of nitrogens with zero attached hydrogens (tertiary/aromatic N) is 1. The first-order chi connectivity index (χ1) is 11.3. The molecule has 2 fully saturated rings. The van der Waals surface area contributed by atoms with E-state index < -0.39 is 0 Å². The number of hydrogen-bond donors (Lipinski definition) is 0. The van der Waals surface area contributed by atoms with E-state index in [0.29, 0.717) is 5.41 Å². The van der Waals surface area contributed by atoms with Gasteiger partial charge in [-0.3, -0.25) is 0 Å². The summed E-state index contributed by atoms with van der Waals surface area (Å²) >= 11 is 0. The highest BCUT2D eigenvalue weighted by atomic mass is 35.5. The Morgan fingerprint density at radius 1 is 0.875 bits per heavy atom. The molecule has 2 aromatic rings. The van der Waals surface area contributed by atoms with Gasteiger partial charge < -0.3 is 9.64 Å². The molecule has 0 radical (unpaired) electrons. The van der Waals surface area contributed by atoms with Crippen molar-refractivity contribution in [2.24, 2.45) is 5.41 Å². The third-order valence-corrected chi connectivity index (χ3v) is 5.42. The summed E-state index contributed by atoms with van der Waals surface area (Å²) in [7, 11) is 0. The lowest BCUT2D eigenvalue weighted by Crippen LogP contribution is -2.37. The number of fused-ring (bicyclic) bond motifs is 2. The second-order valence-corrected chi connectivity index (χ2v) is 7.22. The molecule has 0 aromatic heterocycles. The van der Waals surface area contributed by atoms with E-state index in [1.807, 2.05) is 0 Å². The number of benzene rings is 2. The molecule has 2 aliphatic heterocycles. The average molecular weight is 344 g/mol. The summed E-state index contributed by atoms with van der Waals surface area (Å²) in [6, 6.07) is 19.3. The highest BCUT2D eigenvalue weighted by Gasteiger charge is 2.41. The van der Waals surface area contributed by atoms with E-state index in [2.05, 4.69) is 59.5 Å². The Hall–Kier alpha value is -1.51. The van der Waals surface area contributed by atoms with E-state index in [4.69, 9.17) is 4.74 Å². The zero-order valence-corrected chi connectivity index (χ0v) is 14.9. The second-order valence-electron chi connectivity index (χ2n) is 7.22. The minimum Gasteiger partial charge on any atom is -0.493 e. The van der Waals surface area contributed by atoms with E-state index >= 15 is 0 Å². The fourth-order valence-electron chi connectivity index (χ4n) is 4.06. The predicted molar refractivity (Wildman–Crippen MR) is 101 cm³/mol. The van der Waals surface area contributed by atoms with Crippen molar-refractivity contribution in [3.8, 4) is 5.75 Å². The van der Waals surface area contributed by atoms with Crippen molar-refractivity contribution >= 4 is 12.4 Å². The van der Waals surface area contributed by atoms with Crippen molar-refractivity contribution in [3.63, 3.8) is 0 Å². The molecule has 0 spiro atoms. The maximum Gasteiger partial charge on any atom is 0.119 e. The molecule has 2 nitrogen and oxygen atoms in total. The van der Waals surface area contributed by atoms with E-state index in [9.17, 15) is 0 Å². The van der Waals surface area contributed by atoms with Crippen molar-refractivity contribution in [2.75, 3.05) is 26.2 Å². The first-order valence-corrected chi connectivity index (χ1v) is 8.79. The second kappa shape index (κ2) is 7.58. The van der Waals surface area contributed by atoms with Crippen LogP contribution < -0.4 is 4.74 Å². The van der Waals surface area contributed by atoms with Crippen molar-refractivity contribution in [3.05, 3.63) is 65.7 Å². The van der Waals surface area contributed by atoms with Crippen LogP contribution >= 0.6 is 12.4 Å². The summed E-state index contributed by atoms with van der Waals surface area (Å²) in [6.07, 6.45) is 4.95. The molecule has 0 aliphatic carbocycles. The Morgan fingerprint density at radius 2 is 1.62 bits per heavy atom. The molecular weight excluding hydrogens is 318 g/mol. The molecule has 0 N–H and O–H groups in total. The van der Waals surface area contributed by atoms with Crippen molar-refractivity contribution < 1.29 is 4.74 Å². The maximum absolute atomic E-state index is 6.14. The number of piperidine rings is 1. The average Bonchev–Trinajstić information content (AvgIpc) is 2.90. The smallest absolute Gasteiger partial charge is 0.119 e. The molecule has 2 saturated heterocycles. The molecule has 2 atom stereocenters. The molecule has 128 valence electrons. The van der Waals surface area contributed by atoms with Gasteiger partial charge in [-0.2, -0.15) is 0 Å². The molecule has 2 aromatic carbocycles. The van der Waals surface area contributed by atoms with Crippen molar-refractivity contribution in [1.82, 2.24) is 4.90 Å². The molecule has 24 heavy (non-hydrogen) atoms. The summed E-state index contributed by atoms with van der Waals surface area (Å²) in [6.45, 7) is 4.66. The topological polar surface area (TPSA) is 12.5 Å². The Kier molecular flexibility index (Phi) is 5.47. The summed E-state index contributed by atoms with van der Waals surface area (Å²) in [5.41, 5.74) is 3.11. The fraction of sp³-hybridized carbons (Fsp3) is 0.429. The van der Waals surface area contributed by atoms with Crippen LogP contribution in [-0.4, -0.2) is 31.1 Å². The van der Waals surface area contributed by atoms with Crippen LogP contribution in [0.5, 0.6) is 5.75 Å². The zero-order valence-electron chi connectivity index (χ0n) is 14.1. The Bertz CT molecular complexity index is 639. The quantitative estimate of drug-likeness (QED) is 0.788. The molecule has 4 rings (SSSR count). The minimum atomic E-state index is 0. The number of hydrogen-bond acceptors (Lipinski definition) is 2. The third-order valence-electron chi connectivity index (χ3n) is 5.42. The van der Waals surface area contributed by atoms with Crippen LogP contribution in [-0.2, 0) is 6.42 Å². The summed E-state index contributed by atoms with van der Waals surface area (Å²) in [5.74, 6) is 1.01. The summed E-state index contributed by atoms with van der Waals surface area (Å²) < 4.78 is 6.14. The summed E-state index contributed by atoms with van der Waals surface area (Å²) in [5, 5.41) is 0. The number of halogens is 1. The van der Waals surface area contributed by atoms with Gasteiger partial charge in [0.2, 0.25) is 0 Å². The molecule has 2 aliphatic rings. The molecule has 0 amide bonds. The normalized spacial score (nSPS) is 25.1. The molecule has 2 unspecified atom stereocenters. The molecule has 0 saturated carbocycles. The molecule has 2 bridgehead atoms. The van der Waals surface area contributed by atoms with Crippen molar-refractivity contribution in [1.29, 1.82) is 0 Å². The van der Waals surface area contributed by atoms with Crippen LogP contribution in [0.25, 0.3) is 0 Å². The van der Waals surface area contributed by atoms with Gasteiger partial charge in [0, 0.05) is 12.0 Å². The van der Waals surface area contributed by atoms with Crippen LogP contribution in [0, 0.1) is 5.41 Å². The monoisotopic (exact) mass is 343 g/mol. The van der Waals surface area contributed by atoms with Gasteiger partial charge in [-0.25, -0.2) is 0 Å². The van der Waals surface area contributed by atoms with Gasteiger partial charge in [0.05, 0.1) is 6.61 Å². The standard InChI is InChI=1S/C21H25NO.ClH/c1-2-5-18(6-3-1)15-19-7-9-20(10-8-19)23-17-21-11-4-13-22(16-21)14-12-21;/h1-3,5-10H,4,11-17H2;1H. The largest absolute Gasteiger partial charge is 0.493 e. The van der Waals surface area contributed by atoms with Crippen LogP contribution in [0.4, 0.5) is 0 Å². The number of rotatable bonds is 5. The van der Waals surface area contributed by atoms with Gasteiger partial charge >= 0.3 is 0 Å². The van der Waals surface area contributed by atoms with Gasteiger partial charge in [-0.05, 0) is 62.0 Å². The van der Waals surface area contributed by atoms with Gasteiger partial charge in [0.1, 0.15) is 5.75 Å². The fourth-order valence-corrected chi connectivity index (χ4v) is 4.06. The molecule has 3 heteroatoms. The van der Waals surface area contributed by atoms with Crippen molar-refractivity contribution in [2.45, 2.75) is 25.7 Å².